The van der Waals surface area contributed by atoms with Gasteiger partial charge in [0, 0.05) is 20.0 Å². The number of benzene rings is 3. The summed E-state index contributed by atoms with van der Waals surface area (Å²) in [6, 6.07) is 22.7. The van der Waals surface area contributed by atoms with Crippen molar-refractivity contribution in [2.24, 2.45) is 0 Å². The van der Waals surface area contributed by atoms with Gasteiger partial charge in [0.05, 0.1) is 24.3 Å². The van der Waals surface area contributed by atoms with Crippen LogP contribution in [0.1, 0.15) is 29.5 Å². The standard InChI is InChI=1S/C29H25NO4S/c1-31-29(13-25-17-33-28(14-29)34-25)23-4-2-3-19(10-23)16-32-24-5-6-26-22(12-24)9-20(15-30)11-27(26)21-7-8-35-18-21/h2-12,18,25,28H,13-14,16-17H2,1H3. The van der Waals surface area contributed by atoms with Crippen LogP contribution in [0, 0.1) is 11.3 Å². The molecule has 35 heavy (non-hydrogen) atoms. The van der Waals surface area contributed by atoms with Crippen LogP contribution >= 0.6 is 11.3 Å². The number of hydrogen-bond donors (Lipinski definition) is 0. The molecular formula is C29H25NO4S. The maximum absolute atomic E-state index is 9.55. The molecule has 6 rings (SSSR count). The Labute approximate surface area is 208 Å². The van der Waals surface area contributed by atoms with E-state index in [2.05, 4.69) is 53.2 Å². The molecule has 3 atom stereocenters. The van der Waals surface area contributed by atoms with Crippen molar-refractivity contribution in [1.29, 1.82) is 5.26 Å². The van der Waals surface area contributed by atoms with Gasteiger partial charge in [-0.15, -0.1) is 0 Å². The molecule has 0 radical (unpaired) electrons. The molecule has 2 aliphatic rings. The number of rotatable bonds is 6. The lowest BCUT2D eigenvalue weighted by atomic mass is 9.83. The van der Waals surface area contributed by atoms with E-state index in [4.69, 9.17) is 18.9 Å². The van der Waals surface area contributed by atoms with Gasteiger partial charge < -0.3 is 18.9 Å². The van der Waals surface area contributed by atoms with Crippen LogP contribution in [0.15, 0.2) is 71.4 Å². The molecule has 2 saturated heterocycles. The van der Waals surface area contributed by atoms with Crippen LogP contribution in [0.2, 0.25) is 0 Å². The van der Waals surface area contributed by atoms with E-state index in [-0.39, 0.29) is 12.4 Å². The van der Waals surface area contributed by atoms with Gasteiger partial charge in [-0.25, -0.2) is 0 Å². The Bertz CT molecular complexity index is 1400. The lowest BCUT2D eigenvalue weighted by Gasteiger charge is -2.39. The van der Waals surface area contributed by atoms with Gasteiger partial charge in [-0.3, -0.25) is 0 Å². The zero-order valence-electron chi connectivity index (χ0n) is 19.4. The number of nitrogens with zero attached hydrogens (tertiary/aromatic N) is 1. The van der Waals surface area contributed by atoms with Gasteiger partial charge in [0.15, 0.2) is 6.29 Å². The third-order valence-corrected chi connectivity index (χ3v) is 7.68. The highest BCUT2D eigenvalue weighted by Gasteiger charge is 2.47. The SMILES string of the molecule is COC1(c2cccc(COc3ccc4c(-c5ccsc5)cc(C#N)cc4c3)c2)CC2COC(C1)O2. The minimum Gasteiger partial charge on any atom is -0.489 e. The van der Waals surface area contributed by atoms with Crippen LogP contribution in [0.3, 0.4) is 0 Å². The predicted octanol–water partition coefficient (Wildman–Crippen LogP) is 6.40. The fourth-order valence-electron chi connectivity index (χ4n) is 5.23. The van der Waals surface area contributed by atoms with E-state index in [1.165, 1.54) is 0 Å². The number of methoxy groups -OCH3 is 1. The molecule has 0 spiro atoms. The van der Waals surface area contributed by atoms with E-state index in [0.717, 1.165) is 45.2 Å². The van der Waals surface area contributed by atoms with Gasteiger partial charge in [-0.05, 0) is 80.2 Å². The van der Waals surface area contributed by atoms with Crippen molar-refractivity contribution in [3.05, 3.63) is 88.1 Å². The fourth-order valence-corrected chi connectivity index (χ4v) is 5.89. The molecule has 3 heterocycles. The highest BCUT2D eigenvalue weighted by molar-refractivity contribution is 7.08. The van der Waals surface area contributed by atoms with Gasteiger partial charge in [0.25, 0.3) is 0 Å². The van der Waals surface area contributed by atoms with Crippen LogP contribution in [0.4, 0.5) is 0 Å². The zero-order chi connectivity index (χ0) is 23.8. The maximum Gasteiger partial charge on any atom is 0.161 e. The first-order valence-corrected chi connectivity index (χ1v) is 12.6. The van der Waals surface area contributed by atoms with Gasteiger partial charge in [0.2, 0.25) is 0 Å². The number of fused-ring (bicyclic) bond motifs is 3. The average molecular weight is 484 g/mol. The Kier molecular flexibility index (Phi) is 5.79. The summed E-state index contributed by atoms with van der Waals surface area (Å²) in [5.41, 5.74) is 4.63. The summed E-state index contributed by atoms with van der Waals surface area (Å²) in [6.45, 7) is 1.07. The normalized spacial score (nSPS) is 23.3. The highest BCUT2D eigenvalue weighted by atomic mass is 32.1. The van der Waals surface area contributed by atoms with Crippen LogP contribution in [0.25, 0.3) is 21.9 Å². The van der Waals surface area contributed by atoms with E-state index in [1.807, 2.05) is 24.3 Å². The number of thiophene rings is 1. The second-order valence-corrected chi connectivity index (χ2v) is 9.93. The maximum atomic E-state index is 9.55. The van der Waals surface area contributed by atoms with E-state index >= 15 is 0 Å². The number of hydrogen-bond acceptors (Lipinski definition) is 6. The van der Waals surface area contributed by atoms with Crippen LogP contribution in [-0.2, 0) is 26.4 Å². The van der Waals surface area contributed by atoms with Crippen LogP contribution in [-0.4, -0.2) is 26.1 Å². The van der Waals surface area contributed by atoms with Crippen LogP contribution < -0.4 is 4.74 Å². The Morgan fingerprint density at radius 2 is 2.06 bits per heavy atom. The van der Waals surface area contributed by atoms with Crippen molar-refractivity contribution < 1.29 is 18.9 Å². The first-order valence-electron chi connectivity index (χ1n) is 11.7. The lowest BCUT2D eigenvalue weighted by Crippen LogP contribution is -2.40. The molecule has 4 aromatic rings. The summed E-state index contributed by atoms with van der Waals surface area (Å²) in [5, 5.41) is 15.8. The van der Waals surface area contributed by atoms with Crippen molar-refractivity contribution in [3.63, 3.8) is 0 Å². The highest BCUT2D eigenvalue weighted by Crippen LogP contribution is 2.44. The molecule has 0 N–H and O–H groups in total. The van der Waals surface area contributed by atoms with Crippen molar-refractivity contribution >= 4 is 22.1 Å². The smallest absolute Gasteiger partial charge is 0.161 e. The van der Waals surface area contributed by atoms with Gasteiger partial charge >= 0.3 is 0 Å². The summed E-state index contributed by atoms with van der Waals surface area (Å²) in [5.74, 6) is 0.772. The molecule has 0 saturated carbocycles. The molecule has 1 aromatic heterocycles. The number of nitriles is 1. The van der Waals surface area contributed by atoms with Gasteiger partial charge in [0.1, 0.15) is 18.0 Å². The van der Waals surface area contributed by atoms with E-state index in [0.29, 0.717) is 25.2 Å². The number of ether oxygens (including phenoxy) is 4. The van der Waals surface area contributed by atoms with Crippen molar-refractivity contribution in [2.75, 3.05) is 13.7 Å². The summed E-state index contributed by atoms with van der Waals surface area (Å²) >= 11 is 1.65. The van der Waals surface area contributed by atoms with E-state index < -0.39 is 5.60 Å². The molecular weight excluding hydrogens is 458 g/mol. The monoisotopic (exact) mass is 483 g/mol. The molecule has 3 aromatic carbocycles. The molecule has 2 aliphatic heterocycles. The Balaban J connectivity index is 1.25. The van der Waals surface area contributed by atoms with Crippen molar-refractivity contribution in [3.8, 4) is 22.9 Å². The van der Waals surface area contributed by atoms with Crippen molar-refractivity contribution in [2.45, 2.75) is 37.4 Å². The van der Waals surface area contributed by atoms with Gasteiger partial charge in [-0.2, -0.15) is 16.6 Å². The molecule has 176 valence electrons. The molecule has 5 nitrogen and oxygen atoms in total. The quantitative estimate of drug-likeness (QED) is 0.318. The van der Waals surface area contributed by atoms with Crippen LogP contribution in [0.5, 0.6) is 5.75 Å². The summed E-state index contributed by atoms with van der Waals surface area (Å²) in [7, 11) is 1.77. The zero-order valence-corrected chi connectivity index (χ0v) is 20.2. The second-order valence-electron chi connectivity index (χ2n) is 9.15. The third-order valence-electron chi connectivity index (χ3n) is 7.00. The van der Waals surface area contributed by atoms with E-state index in [1.54, 1.807) is 18.4 Å². The minimum absolute atomic E-state index is 0.0727. The second kappa shape index (κ2) is 9.10. The third kappa shape index (κ3) is 4.22. The van der Waals surface area contributed by atoms with Gasteiger partial charge in [-0.1, -0.05) is 24.3 Å². The van der Waals surface area contributed by atoms with E-state index in [9.17, 15) is 5.26 Å². The Hall–Kier alpha value is -3.21. The fraction of sp³-hybridized carbons (Fsp3) is 0.276. The minimum atomic E-state index is -0.408. The molecule has 0 aliphatic carbocycles. The lowest BCUT2D eigenvalue weighted by molar-refractivity contribution is -0.171. The molecule has 0 amide bonds. The largest absolute Gasteiger partial charge is 0.489 e. The first kappa shape index (κ1) is 22.3. The predicted molar refractivity (Wildman–Crippen MR) is 135 cm³/mol. The molecule has 2 bridgehead atoms. The molecule has 3 unspecified atom stereocenters. The molecule has 2 fully saturated rings. The Morgan fingerprint density at radius 1 is 1.11 bits per heavy atom. The summed E-state index contributed by atoms with van der Waals surface area (Å²) in [6.07, 6.45) is 1.33. The summed E-state index contributed by atoms with van der Waals surface area (Å²) in [4.78, 5) is 0. The Morgan fingerprint density at radius 3 is 2.86 bits per heavy atom. The first-order chi connectivity index (χ1) is 17.2. The average Bonchev–Trinajstić information content (AvgIpc) is 3.56. The summed E-state index contributed by atoms with van der Waals surface area (Å²) < 4.78 is 23.8. The molecule has 6 heteroatoms. The van der Waals surface area contributed by atoms with Crippen molar-refractivity contribution in [1.82, 2.24) is 0 Å². The topological polar surface area (TPSA) is 60.7 Å².